The first-order chi connectivity index (χ1) is 7.97. The maximum Gasteiger partial charge on any atom is 0.194 e. The van der Waals surface area contributed by atoms with Crippen molar-refractivity contribution in [2.24, 2.45) is 0 Å². The Bertz CT molecular complexity index is 567. The Hall–Kier alpha value is -0.450. The Morgan fingerprint density at radius 1 is 1.06 bits per heavy atom. The van der Waals surface area contributed by atoms with E-state index in [9.17, 15) is 4.79 Å². The first-order valence-corrected chi connectivity index (χ1v) is 7.45. The van der Waals surface area contributed by atoms with E-state index in [2.05, 4.69) is 31.9 Å². The minimum absolute atomic E-state index is 0.0776. The van der Waals surface area contributed by atoms with Crippen LogP contribution in [0.2, 0.25) is 0 Å². The molecule has 0 amide bonds. The second-order valence-corrected chi connectivity index (χ2v) is 7.11. The van der Waals surface area contributed by atoms with Gasteiger partial charge in [0.1, 0.15) is 0 Å². The van der Waals surface area contributed by atoms with Gasteiger partial charge in [-0.05, 0) is 38.1 Å². The zero-order valence-corrected chi connectivity index (χ0v) is 13.4. The Labute approximate surface area is 121 Å². The van der Waals surface area contributed by atoms with Crippen molar-refractivity contribution < 1.29 is 4.79 Å². The molecule has 88 valence electrons. The van der Waals surface area contributed by atoms with Crippen molar-refractivity contribution in [3.8, 4) is 0 Å². The summed E-state index contributed by atoms with van der Waals surface area (Å²) < 4.78 is 1.81. The van der Waals surface area contributed by atoms with Crippen LogP contribution >= 0.6 is 43.2 Å². The van der Waals surface area contributed by atoms with Gasteiger partial charge in [0.05, 0.1) is 0 Å². The molecule has 0 aliphatic heterocycles. The number of carbonyl (C=O) groups is 1. The molecule has 0 aliphatic carbocycles. The molecule has 0 saturated heterocycles. The van der Waals surface area contributed by atoms with Gasteiger partial charge >= 0.3 is 0 Å². The van der Waals surface area contributed by atoms with E-state index >= 15 is 0 Å². The molecule has 2 rings (SSSR count). The first kappa shape index (κ1) is 13.0. The van der Waals surface area contributed by atoms with Crippen LogP contribution in [0.5, 0.6) is 0 Å². The fraction of sp³-hybridized carbons (Fsp3) is 0.154. The van der Waals surface area contributed by atoms with Gasteiger partial charge in [0, 0.05) is 29.8 Å². The monoisotopic (exact) mass is 372 g/mol. The summed E-state index contributed by atoms with van der Waals surface area (Å²) in [5, 5.41) is 0. The highest BCUT2D eigenvalue weighted by Gasteiger charge is 2.15. The summed E-state index contributed by atoms with van der Waals surface area (Å²) in [6.45, 7) is 4.00. The van der Waals surface area contributed by atoms with Gasteiger partial charge in [-0.3, -0.25) is 4.79 Å². The molecule has 1 aromatic heterocycles. The number of ketones is 1. The number of hydrogen-bond donors (Lipinski definition) is 0. The number of rotatable bonds is 2. The van der Waals surface area contributed by atoms with Crippen LogP contribution < -0.4 is 0 Å². The van der Waals surface area contributed by atoms with Crippen molar-refractivity contribution in [2.75, 3.05) is 0 Å². The average Bonchev–Trinajstić information content (AvgIpc) is 2.55. The van der Waals surface area contributed by atoms with E-state index in [-0.39, 0.29) is 5.78 Å². The number of halogens is 2. The molecule has 1 heterocycles. The van der Waals surface area contributed by atoms with Gasteiger partial charge in [-0.1, -0.05) is 31.9 Å². The van der Waals surface area contributed by atoms with Crippen molar-refractivity contribution in [1.82, 2.24) is 0 Å². The van der Waals surface area contributed by atoms with E-state index in [1.807, 2.05) is 38.1 Å². The molecule has 0 spiro atoms. The minimum atomic E-state index is 0.0776. The second kappa shape index (κ2) is 5.04. The van der Waals surface area contributed by atoms with Crippen molar-refractivity contribution in [2.45, 2.75) is 13.8 Å². The van der Waals surface area contributed by atoms with Crippen LogP contribution in [0.4, 0.5) is 0 Å². The minimum Gasteiger partial charge on any atom is -0.289 e. The van der Waals surface area contributed by atoms with E-state index < -0.39 is 0 Å². The number of aryl methyl sites for hydroxylation is 2. The fourth-order valence-corrected chi connectivity index (χ4v) is 3.91. The largest absolute Gasteiger partial charge is 0.289 e. The van der Waals surface area contributed by atoms with Crippen LogP contribution in [0.25, 0.3) is 0 Å². The average molecular weight is 374 g/mol. The van der Waals surface area contributed by atoms with Crippen LogP contribution in [0.1, 0.15) is 25.7 Å². The van der Waals surface area contributed by atoms with E-state index in [0.717, 1.165) is 19.4 Å². The Balaban J connectivity index is 2.47. The van der Waals surface area contributed by atoms with Gasteiger partial charge in [-0.25, -0.2) is 0 Å². The summed E-state index contributed by atoms with van der Waals surface area (Å²) in [7, 11) is 0. The zero-order valence-electron chi connectivity index (χ0n) is 9.38. The summed E-state index contributed by atoms with van der Waals surface area (Å²) in [4.78, 5) is 14.6. The van der Waals surface area contributed by atoms with E-state index in [1.165, 1.54) is 4.88 Å². The summed E-state index contributed by atoms with van der Waals surface area (Å²) in [6.07, 6.45) is 0. The zero-order chi connectivity index (χ0) is 12.6. The number of hydrogen-bond acceptors (Lipinski definition) is 2. The number of benzene rings is 1. The van der Waals surface area contributed by atoms with E-state index in [4.69, 9.17) is 0 Å². The molecule has 1 nitrogen and oxygen atoms in total. The third kappa shape index (κ3) is 2.87. The molecule has 0 unspecified atom stereocenters. The maximum absolute atomic E-state index is 12.3. The molecule has 0 aliphatic rings. The number of thiophene rings is 1. The van der Waals surface area contributed by atoms with Crippen LogP contribution in [-0.2, 0) is 0 Å². The van der Waals surface area contributed by atoms with Gasteiger partial charge in [-0.15, -0.1) is 11.3 Å². The lowest BCUT2D eigenvalue weighted by Gasteiger charge is -2.02. The predicted octanol–water partition coefficient (Wildman–Crippen LogP) is 5.12. The smallest absolute Gasteiger partial charge is 0.194 e. The van der Waals surface area contributed by atoms with Gasteiger partial charge in [-0.2, -0.15) is 0 Å². The molecule has 17 heavy (non-hydrogen) atoms. The molecule has 0 bridgehead atoms. The molecule has 1 aromatic carbocycles. The Morgan fingerprint density at radius 2 is 1.65 bits per heavy atom. The molecule has 0 fully saturated rings. The Kier molecular flexibility index (Phi) is 3.85. The summed E-state index contributed by atoms with van der Waals surface area (Å²) >= 11 is 8.45. The molecule has 2 aromatic rings. The SMILES string of the molecule is Cc1cc(C(=O)c2cc(Br)cc(Br)c2)c(C)s1. The maximum atomic E-state index is 12.3. The quantitative estimate of drug-likeness (QED) is 0.667. The second-order valence-electron chi connectivity index (χ2n) is 3.81. The van der Waals surface area contributed by atoms with Crippen LogP contribution in [0, 0.1) is 13.8 Å². The topological polar surface area (TPSA) is 17.1 Å². The summed E-state index contributed by atoms with van der Waals surface area (Å²) in [5.74, 6) is 0.0776. The first-order valence-electron chi connectivity index (χ1n) is 5.05. The van der Waals surface area contributed by atoms with Gasteiger partial charge in [0.15, 0.2) is 5.78 Å². The van der Waals surface area contributed by atoms with Gasteiger partial charge in [0.2, 0.25) is 0 Å². The summed E-state index contributed by atoms with van der Waals surface area (Å²) in [5.41, 5.74) is 1.50. The van der Waals surface area contributed by atoms with Crippen LogP contribution in [-0.4, -0.2) is 5.78 Å². The van der Waals surface area contributed by atoms with E-state index in [0.29, 0.717) is 5.56 Å². The standard InChI is InChI=1S/C13H10Br2OS/c1-7-3-12(8(2)17-7)13(16)9-4-10(14)6-11(15)5-9/h3-6H,1-2H3. The van der Waals surface area contributed by atoms with Crippen molar-refractivity contribution in [3.63, 3.8) is 0 Å². The highest BCUT2D eigenvalue weighted by molar-refractivity contribution is 9.11. The highest BCUT2D eigenvalue weighted by atomic mass is 79.9. The molecule has 0 saturated carbocycles. The van der Waals surface area contributed by atoms with Crippen LogP contribution in [0.15, 0.2) is 33.2 Å². The third-order valence-electron chi connectivity index (χ3n) is 2.41. The van der Waals surface area contributed by atoms with Crippen molar-refractivity contribution in [1.29, 1.82) is 0 Å². The Morgan fingerprint density at radius 3 is 2.12 bits per heavy atom. The molecule has 0 atom stereocenters. The molecule has 0 N–H and O–H groups in total. The lowest BCUT2D eigenvalue weighted by molar-refractivity contribution is 0.103. The fourth-order valence-electron chi connectivity index (χ4n) is 1.70. The predicted molar refractivity (Wildman–Crippen MR) is 79.1 cm³/mol. The lowest BCUT2D eigenvalue weighted by atomic mass is 10.0. The molecular weight excluding hydrogens is 364 g/mol. The van der Waals surface area contributed by atoms with Crippen LogP contribution in [0.3, 0.4) is 0 Å². The highest BCUT2D eigenvalue weighted by Crippen LogP contribution is 2.26. The van der Waals surface area contributed by atoms with Crippen molar-refractivity contribution >= 4 is 49.0 Å². The molecule has 4 heteroatoms. The van der Waals surface area contributed by atoms with Gasteiger partial charge in [0.25, 0.3) is 0 Å². The van der Waals surface area contributed by atoms with E-state index in [1.54, 1.807) is 11.3 Å². The summed E-state index contributed by atoms with van der Waals surface area (Å²) in [6, 6.07) is 7.57. The normalized spacial score (nSPS) is 10.6. The molecule has 0 radical (unpaired) electrons. The number of carbonyl (C=O) groups excluding carboxylic acids is 1. The van der Waals surface area contributed by atoms with Crippen molar-refractivity contribution in [3.05, 3.63) is 54.1 Å². The van der Waals surface area contributed by atoms with Gasteiger partial charge < -0.3 is 0 Å². The molecular formula is C13H10Br2OS. The lowest BCUT2D eigenvalue weighted by Crippen LogP contribution is -2.01. The third-order valence-corrected chi connectivity index (χ3v) is 4.29.